The second-order valence-electron chi connectivity index (χ2n) is 4.36. The van der Waals surface area contributed by atoms with Crippen LogP contribution < -0.4 is 0 Å². The molecule has 4 heteroatoms. The first kappa shape index (κ1) is 12.6. The molecule has 1 heterocycles. The minimum atomic E-state index is -0.423. The van der Waals surface area contributed by atoms with E-state index in [0.717, 1.165) is 5.56 Å². The molecular weight excluding hydrogens is 230 g/mol. The highest BCUT2D eigenvalue weighted by Gasteiger charge is 2.44. The summed E-state index contributed by atoms with van der Waals surface area (Å²) in [4.78, 5) is 25.0. The zero-order chi connectivity index (χ0) is 13.1. The molecule has 0 unspecified atom stereocenters. The van der Waals surface area contributed by atoms with E-state index in [9.17, 15) is 9.59 Å². The topological polar surface area (TPSA) is 46.6 Å². The number of carbonyl (C=O) groups excluding carboxylic acids is 2. The van der Waals surface area contributed by atoms with Crippen molar-refractivity contribution in [3.8, 4) is 0 Å². The summed E-state index contributed by atoms with van der Waals surface area (Å²) in [5.41, 5.74) is 1.03. The number of hydrogen-bond acceptors (Lipinski definition) is 3. The van der Waals surface area contributed by atoms with Crippen molar-refractivity contribution in [2.45, 2.75) is 32.4 Å². The molecule has 2 rings (SSSR count). The summed E-state index contributed by atoms with van der Waals surface area (Å²) >= 11 is 0. The number of rotatable bonds is 4. The van der Waals surface area contributed by atoms with Gasteiger partial charge in [-0.2, -0.15) is 0 Å². The van der Waals surface area contributed by atoms with Crippen molar-refractivity contribution in [1.29, 1.82) is 0 Å². The number of benzene rings is 1. The van der Waals surface area contributed by atoms with Gasteiger partial charge in [0.25, 0.3) is 0 Å². The van der Waals surface area contributed by atoms with Gasteiger partial charge >= 0.3 is 5.97 Å². The quantitative estimate of drug-likeness (QED) is 0.603. The van der Waals surface area contributed by atoms with Crippen molar-refractivity contribution in [2.24, 2.45) is 0 Å². The number of carbonyl (C=O) groups is 2. The Balaban J connectivity index is 2.11. The third-order valence-corrected chi connectivity index (χ3v) is 3.25. The van der Waals surface area contributed by atoms with E-state index < -0.39 is 6.04 Å². The minimum Gasteiger partial charge on any atom is -0.464 e. The molecule has 1 aromatic carbocycles. The van der Waals surface area contributed by atoms with Crippen LogP contribution in [0.2, 0.25) is 0 Å². The average molecular weight is 247 g/mol. The van der Waals surface area contributed by atoms with Crippen LogP contribution >= 0.6 is 0 Å². The van der Waals surface area contributed by atoms with Crippen LogP contribution in [-0.4, -0.2) is 29.4 Å². The van der Waals surface area contributed by atoms with Gasteiger partial charge in [0, 0.05) is 0 Å². The number of hydrogen-bond donors (Lipinski definition) is 0. The molecule has 1 fully saturated rings. The van der Waals surface area contributed by atoms with Crippen molar-refractivity contribution in [3.63, 3.8) is 0 Å². The Kier molecular flexibility index (Phi) is 3.65. The molecule has 0 N–H and O–H groups in total. The molecule has 4 nitrogen and oxygen atoms in total. The van der Waals surface area contributed by atoms with Crippen LogP contribution in [0.15, 0.2) is 30.3 Å². The Bertz CT molecular complexity index is 444. The van der Waals surface area contributed by atoms with Crippen LogP contribution in [0.4, 0.5) is 0 Å². The largest absolute Gasteiger partial charge is 0.464 e. The monoisotopic (exact) mass is 247 g/mol. The third-order valence-electron chi connectivity index (χ3n) is 3.25. The van der Waals surface area contributed by atoms with E-state index in [0.29, 0.717) is 6.61 Å². The normalized spacial score (nSPS) is 20.2. The summed E-state index contributed by atoms with van der Waals surface area (Å²) in [6.45, 7) is 4.04. The maximum absolute atomic E-state index is 11.7. The van der Waals surface area contributed by atoms with Gasteiger partial charge in [-0.1, -0.05) is 30.3 Å². The molecule has 0 bridgehead atoms. The first-order valence-corrected chi connectivity index (χ1v) is 6.18. The lowest BCUT2D eigenvalue weighted by Gasteiger charge is -2.42. The Morgan fingerprint density at radius 2 is 2.11 bits per heavy atom. The maximum Gasteiger partial charge on any atom is 0.329 e. The highest BCUT2D eigenvalue weighted by atomic mass is 16.5. The fourth-order valence-electron chi connectivity index (χ4n) is 2.24. The molecule has 18 heavy (non-hydrogen) atoms. The van der Waals surface area contributed by atoms with E-state index in [1.165, 1.54) is 0 Å². The standard InChI is InChI=1S/C14H17NO3/c1-3-18-14(17)12-9-13(16)15(12)10(2)11-7-5-4-6-8-11/h4-8,10,12H,3,9H2,1-2H3/t10-,12+/m1/s1. The van der Waals surface area contributed by atoms with Crippen LogP contribution in [-0.2, 0) is 14.3 Å². The molecule has 0 spiro atoms. The van der Waals surface area contributed by atoms with Gasteiger partial charge in [0.1, 0.15) is 6.04 Å². The molecule has 1 aromatic rings. The van der Waals surface area contributed by atoms with Gasteiger partial charge in [0.05, 0.1) is 19.1 Å². The predicted molar refractivity (Wildman–Crippen MR) is 66.7 cm³/mol. The second kappa shape index (κ2) is 5.21. The van der Waals surface area contributed by atoms with Crippen LogP contribution in [0.3, 0.4) is 0 Å². The number of likely N-dealkylation sites (tertiary alicyclic amines) is 1. The van der Waals surface area contributed by atoms with E-state index >= 15 is 0 Å². The highest BCUT2D eigenvalue weighted by molar-refractivity contribution is 5.95. The second-order valence-corrected chi connectivity index (χ2v) is 4.36. The summed E-state index contributed by atoms with van der Waals surface area (Å²) in [6, 6.07) is 9.17. The molecular formula is C14H17NO3. The molecule has 0 aromatic heterocycles. The molecule has 1 aliphatic rings. The smallest absolute Gasteiger partial charge is 0.329 e. The predicted octanol–water partition coefficient (Wildman–Crippen LogP) is 1.91. The Morgan fingerprint density at radius 3 is 2.67 bits per heavy atom. The first-order valence-electron chi connectivity index (χ1n) is 6.18. The molecule has 1 saturated heterocycles. The number of ether oxygens (including phenoxy) is 1. The number of esters is 1. The highest BCUT2D eigenvalue weighted by Crippen LogP contribution is 2.31. The Hall–Kier alpha value is -1.84. The van der Waals surface area contributed by atoms with E-state index in [2.05, 4.69) is 0 Å². The Labute approximate surface area is 107 Å². The SMILES string of the molecule is CCOC(=O)[C@@H]1CC(=O)N1[C@H](C)c1ccccc1. The fourth-order valence-corrected chi connectivity index (χ4v) is 2.24. The minimum absolute atomic E-state index is 0.00408. The number of β-lactam (4-membered cyclic amide) rings is 1. The van der Waals surface area contributed by atoms with E-state index in [4.69, 9.17) is 4.74 Å². The van der Waals surface area contributed by atoms with Gasteiger partial charge in [0.15, 0.2) is 0 Å². The molecule has 0 aliphatic carbocycles. The molecule has 1 amide bonds. The average Bonchev–Trinajstić information content (AvgIpc) is 2.37. The molecule has 96 valence electrons. The molecule has 2 atom stereocenters. The van der Waals surface area contributed by atoms with Gasteiger partial charge in [-0.05, 0) is 19.4 Å². The van der Waals surface area contributed by atoms with Gasteiger partial charge < -0.3 is 9.64 Å². The van der Waals surface area contributed by atoms with E-state index in [1.807, 2.05) is 37.3 Å². The van der Waals surface area contributed by atoms with Gasteiger partial charge in [-0.25, -0.2) is 4.79 Å². The summed E-state index contributed by atoms with van der Waals surface area (Å²) in [5, 5.41) is 0. The summed E-state index contributed by atoms with van der Waals surface area (Å²) in [7, 11) is 0. The van der Waals surface area contributed by atoms with Crippen LogP contribution in [0.5, 0.6) is 0 Å². The van der Waals surface area contributed by atoms with E-state index in [-0.39, 0.29) is 24.3 Å². The van der Waals surface area contributed by atoms with Gasteiger partial charge in [-0.3, -0.25) is 4.79 Å². The van der Waals surface area contributed by atoms with Crippen molar-refractivity contribution in [1.82, 2.24) is 4.90 Å². The summed E-state index contributed by atoms with van der Waals surface area (Å²) in [6.07, 6.45) is 0.260. The molecule has 0 saturated carbocycles. The lowest BCUT2D eigenvalue weighted by atomic mass is 9.95. The number of nitrogens with zero attached hydrogens (tertiary/aromatic N) is 1. The summed E-state index contributed by atoms with van der Waals surface area (Å²) in [5.74, 6) is -0.302. The van der Waals surface area contributed by atoms with Crippen LogP contribution in [0, 0.1) is 0 Å². The van der Waals surface area contributed by atoms with Crippen molar-refractivity contribution >= 4 is 11.9 Å². The third kappa shape index (κ3) is 2.23. The molecule has 0 radical (unpaired) electrons. The van der Waals surface area contributed by atoms with E-state index in [1.54, 1.807) is 11.8 Å². The molecule has 1 aliphatic heterocycles. The van der Waals surface area contributed by atoms with Crippen molar-refractivity contribution < 1.29 is 14.3 Å². The Morgan fingerprint density at radius 1 is 1.44 bits per heavy atom. The zero-order valence-electron chi connectivity index (χ0n) is 10.6. The first-order chi connectivity index (χ1) is 8.65. The van der Waals surface area contributed by atoms with Gasteiger partial charge in [-0.15, -0.1) is 0 Å². The fraction of sp³-hybridized carbons (Fsp3) is 0.429. The lowest BCUT2D eigenvalue weighted by molar-refractivity contribution is -0.168. The van der Waals surface area contributed by atoms with Crippen LogP contribution in [0.25, 0.3) is 0 Å². The number of amides is 1. The van der Waals surface area contributed by atoms with Crippen molar-refractivity contribution in [2.75, 3.05) is 6.61 Å². The summed E-state index contributed by atoms with van der Waals surface area (Å²) < 4.78 is 4.98. The van der Waals surface area contributed by atoms with Crippen molar-refractivity contribution in [3.05, 3.63) is 35.9 Å². The van der Waals surface area contributed by atoms with Gasteiger partial charge in [0.2, 0.25) is 5.91 Å². The maximum atomic E-state index is 11.7. The van der Waals surface area contributed by atoms with Crippen LogP contribution in [0.1, 0.15) is 31.9 Å². The lowest BCUT2D eigenvalue weighted by Crippen LogP contribution is -2.57. The zero-order valence-corrected chi connectivity index (χ0v) is 10.6.